The van der Waals surface area contributed by atoms with Crippen LogP contribution in [0.4, 0.5) is 17.1 Å². The maximum atomic E-state index is 10.6. The van der Waals surface area contributed by atoms with Gasteiger partial charge in [-0.15, -0.1) is 0 Å². The summed E-state index contributed by atoms with van der Waals surface area (Å²) >= 11 is 0. The SMILES string of the molecule is CC1(C)c2ccccc2N(c2c(C#N)cccc2-c2cccc(C#N)c2-n2c3ccccc3c3ccccc32)c2ccccc21. The number of hydrogen-bond acceptors (Lipinski definition) is 3. The molecule has 0 bridgehead atoms. The number of para-hydroxylation sites is 6. The Bertz CT molecular complexity index is 2290. The van der Waals surface area contributed by atoms with E-state index in [2.05, 4.69) is 133 Å². The molecule has 4 heteroatoms. The van der Waals surface area contributed by atoms with Gasteiger partial charge in [-0.05, 0) is 47.5 Å². The maximum Gasteiger partial charge on any atom is 0.101 e. The highest BCUT2D eigenvalue weighted by molar-refractivity contribution is 6.10. The second-order valence-corrected chi connectivity index (χ2v) is 12.0. The topological polar surface area (TPSA) is 55.8 Å². The van der Waals surface area contributed by atoms with Gasteiger partial charge in [-0.25, -0.2) is 0 Å². The van der Waals surface area contributed by atoms with Crippen LogP contribution in [0.15, 0.2) is 133 Å². The Kier molecular flexibility index (Phi) is 5.88. The van der Waals surface area contributed by atoms with E-state index in [1.54, 1.807) is 0 Å². The molecule has 7 aromatic rings. The first-order valence-electron chi connectivity index (χ1n) is 15.1. The first-order valence-corrected chi connectivity index (χ1v) is 15.1. The number of fused-ring (bicyclic) bond motifs is 5. The average Bonchev–Trinajstić information content (AvgIpc) is 3.42. The average molecular weight is 577 g/mol. The smallest absolute Gasteiger partial charge is 0.101 e. The summed E-state index contributed by atoms with van der Waals surface area (Å²) in [6.45, 7) is 4.52. The summed E-state index contributed by atoms with van der Waals surface area (Å²) < 4.78 is 2.21. The Morgan fingerprint density at radius 1 is 0.489 bits per heavy atom. The van der Waals surface area contributed by atoms with Gasteiger partial charge in [0.15, 0.2) is 0 Å². The number of benzene rings is 6. The molecule has 6 aromatic carbocycles. The molecule has 212 valence electrons. The number of rotatable bonds is 3. The van der Waals surface area contributed by atoms with E-state index in [1.807, 2.05) is 36.4 Å². The van der Waals surface area contributed by atoms with Gasteiger partial charge in [0.2, 0.25) is 0 Å². The highest BCUT2D eigenvalue weighted by Gasteiger charge is 2.38. The Labute approximate surface area is 262 Å². The highest BCUT2D eigenvalue weighted by Crippen LogP contribution is 2.54. The molecular formula is C41H28N4. The lowest BCUT2D eigenvalue weighted by molar-refractivity contribution is 0.632. The molecule has 4 nitrogen and oxygen atoms in total. The Morgan fingerprint density at radius 2 is 0.933 bits per heavy atom. The zero-order valence-corrected chi connectivity index (χ0v) is 25.0. The van der Waals surface area contributed by atoms with Crippen molar-refractivity contribution in [3.63, 3.8) is 0 Å². The Morgan fingerprint density at radius 3 is 1.47 bits per heavy atom. The van der Waals surface area contributed by atoms with Crippen LogP contribution in [0.1, 0.15) is 36.1 Å². The maximum absolute atomic E-state index is 10.6. The van der Waals surface area contributed by atoms with Gasteiger partial charge in [0, 0.05) is 27.3 Å². The third-order valence-electron chi connectivity index (χ3n) is 9.27. The quantitative estimate of drug-likeness (QED) is 0.210. The van der Waals surface area contributed by atoms with Crippen LogP contribution >= 0.6 is 0 Å². The standard InChI is InChI=1S/C41H28N4/c1-41(2)33-19-5-9-23-37(33)45(38-24-10-6-20-34(38)41)40-28(26-43)14-12-18-32(40)31-17-11-13-27(25-42)39(31)44-35-21-7-3-15-29(35)30-16-4-8-22-36(30)44/h3-24H,1-2H3. The minimum absolute atomic E-state index is 0.236. The molecule has 0 atom stereocenters. The first kappa shape index (κ1) is 26.5. The summed E-state index contributed by atoms with van der Waals surface area (Å²) in [7, 11) is 0. The molecule has 0 saturated carbocycles. The largest absolute Gasteiger partial charge is 0.308 e. The van der Waals surface area contributed by atoms with Crippen molar-refractivity contribution in [3.05, 3.63) is 156 Å². The van der Waals surface area contributed by atoms with E-state index >= 15 is 0 Å². The second kappa shape index (κ2) is 9.98. The van der Waals surface area contributed by atoms with Crippen molar-refractivity contribution >= 4 is 38.9 Å². The summed E-state index contributed by atoms with van der Waals surface area (Å²) in [5.41, 5.74) is 10.8. The van der Waals surface area contributed by atoms with Crippen LogP contribution in [-0.2, 0) is 5.41 Å². The van der Waals surface area contributed by atoms with E-state index in [0.29, 0.717) is 11.1 Å². The van der Waals surface area contributed by atoms with E-state index in [0.717, 1.165) is 55.7 Å². The third-order valence-corrected chi connectivity index (χ3v) is 9.27. The fourth-order valence-corrected chi connectivity index (χ4v) is 7.26. The molecule has 0 N–H and O–H groups in total. The molecule has 0 saturated heterocycles. The van der Waals surface area contributed by atoms with Crippen molar-refractivity contribution in [2.75, 3.05) is 4.90 Å². The zero-order chi connectivity index (χ0) is 30.7. The number of nitriles is 2. The minimum Gasteiger partial charge on any atom is -0.308 e. The predicted molar refractivity (Wildman–Crippen MR) is 182 cm³/mol. The van der Waals surface area contributed by atoms with Crippen LogP contribution in [0, 0.1) is 22.7 Å². The normalized spacial score (nSPS) is 13.2. The van der Waals surface area contributed by atoms with Gasteiger partial charge in [-0.1, -0.05) is 111 Å². The predicted octanol–water partition coefficient (Wildman–Crippen LogP) is 10.3. The Hall–Kier alpha value is -6.10. The molecule has 2 heterocycles. The summed E-state index contributed by atoms with van der Waals surface area (Å²) in [6.07, 6.45) is 0. The molecule has 0 spiro atoms. The van der Waals surface area contributed by atoms with E-state index in [-0.39, 0.29) is 5.41 Å². The molecule has 0 unspecified atom stereocenters. The number of nitrogens with zero attached hydrogens (tertiary/aromatic N) is 4. The van der Waals surface area contributed by atoms with Crippen LogP contribution in [0.3, 0.4) is 0 Å². The number of aromatic nitrogens is 1. The molecule has 0 fully saturated rings. The first-order chi connectivity index (χ1) is 22.0. The van der Waals surface area contributed by atoms with Gasteiger partial charge >= 0.3 is 0 Å². The van der Waals surface area contributed by atoms with E-state index < -0.39 is 0 Å². The molecule has 1 aliphatic rings. The lowest BCUT2D eigenvalue weighted by Crippen LogP contribution is -2.31. The molecule has 0 amide bonds. The van der Waals surface area contributed by atoms with Gasteiger partial charge in [0.25, 0.3) is 0 Å². The van der Waals surface area contributed by atoms with Crippen molar-refractivity contribution in [3.8, 4) is 29.0 Å². The monoisotopic (exact) mass is 576 g/mol. The molecule has 0 aliphatic carbocycles. The van der Waals surface area contributed by atoms with E-state index in [9.17, 15) is 10.5 Å². The van der Waals surface area contributed by atoms with Crippen LogP contribution in [0.25, 0.3) is 38.6 Å². The lowest BCUT2D eigenvalue weighted by atomic mass is 9.73. The van der Waals surface area contributed by atoms with Crippen LogP contribution in [-0.4, -0.2) is 4.57 Å². The number of hydrogen-bond donors (Lipinski definition) is 0. The van der Waals surface area contributed by atoms with Crippen molar-refractivity contribution in [2.24, 2.45) is 0 Å². The summed E-state index contributed by atoms with van der Waals surface area (Å²) in [4.78, 5) is 2.25. The van der Waals surface area contributed by atoms with Crippen LogP contribution < -0.4 is 4.90 Å². The van der Waals surface area contributed by atoms with Crippen molar-refractivity contribution in [2.45, 2.75) is 19.3 Å². The third kappa shape index (κ3) is 3.77. The van der Waals surface area contributed by atoms with Gasteiger partial charge in [-0.3, -0.25) is 0 Å². The molecule has 1 aromatic heterocycles. The summed E-state index contributed by atoms with van der Waals surface area (Å²) in [5.74, 6) is 0. The zero-order valence-electron chi connectivity index (χ0n) is 25.0. The molecule has 0 radical (unpaired) electrons. The number of anilines is 3. The fourth-order valence-electron chi connectivity index (χ4n) is 7.26. The molecule has 45 heavy (non-hydrogen) atoms. The highest BCUT2D eigenvalue weighted by atomic mass is 15.2. The van der Waals surface area contributed by atoms with Crippen molar-refractivity contribution in [1.82, 2.24) is 4.57 Å². The van der Waals surface area contributed by atoms with Gasteiger partial charge < -0.3 is 9.47 Å². The van der Waals surface area contributed by atoms with Gasteiger partial charge in [-0.2, -0.15) is 10.5 Å². The molecular weight excluding hydrogens is 548 g/mol. The van der Waals surface area contributed by atoms with Crippen LogP contribution in [0.2, 0.25) is 0 Å². The molecule has 8 rings (SSSR count). The van der Waals surface area contributed by atoms with Crippen molar-refractivity contribution < 1.29 is 0 Å². The van der Waals surface area contributed by atoms with Crippen molar-refractivity contribution in [1.29, 1.82) is 10.5 Å². The molecule has 1 aliphatic heterocycles. The van der Waals surface area contributed by atoms with E-state index in [4.69, 9.17) is 0 Å². The fraction of sp³-hybridized carbons (Fsp3) is 0.0732. The summed E-state index contributed by atoms with van der Waals surface area (Å²) in [5, 5.41) is 23.4. The van der Waals surface area contributed by atoms with E-state index in [1.165, 1.54) is 11.1 Å². The van der Waals surface area contributed by atoms with Crippen LogP contribution in [0.5, 0.6) is 0 Å². The van der Waals surface area contributed by atoms with Gasteiger partial charge in [0.05, 0.1) is 44.9 Å². The summed E-state index contributed by atoms with van der Waals surface area (Å²) in [6, 6.07) is 50.4. The second-order valence-electron chi connectivity index (χ2n) is 12.0. The lowest BCUT2D eigenvalue weighted by Gasteiger charge is -2.42. The Balaban J connectivity index is 1.50. The minimum atomic E-state index is -0.236. The van der Waals surface area contributed by atoms with Gasteiger partial charge in [0.1, 0.15) is 12.1 Å².